The number of aromatic amines is 1. The number of carbonyl (C=O) groups is 1. The molecule has 2 aliphatic rings. The van der Waals surface area contributed by atoms with Crippen molar-refractivity contribution in [1.29, 1.82) is 5.41 Å². The Morgan fingerprint density at radius 3 is 2.84 bits per heavy atom. The first kappa shape index (κ1) is 25.4. The van der Waals surface area contributed by atoms with Crippen LogP contribution in [0.3, 0.4) is 0 Å². The smallest absolute Gasteiger partial charge is 0.332 e. The predicted molar refractivity (Wildman–Crippen MR) is 137 cm³/mol. The van der Waals surface area contributed by atoms with E-state index in [1.54, 1.807) is 6.08 Å². The number of allylic oxidation sites excluding steroid dienone is 1. The highest BCUT2D eigenvalue weighted by Crippen LogP contribution is 2.36. The molecule has 0 radical (unpaired) electrons. The quantitative estimate of drug-likeness (QED) is 0.294. The molecule has 2 aliphatic heterocycles. The van der Waals surface area contributed by atoms with Crippen molar-refractivity contribution in [3.05, 3.63) is 82.7 Å². The molecule has 8 nitrogen and oxygen atoms in total. The van der Waals surface area contributed by atoms with Gasteiger partial charge in [0.1, 0.15) is 11.5 Å². The van der Waals surface area contributed by atoms with Crippen LogP contribution in [0.5, 0.6) is 0 Å². The summed E-state index contributed by atoms with van der Waals surface area (Å²) in [6.07, 6.45) is 5.01. The number of nitrogens with one attached hydrogen (secondary N) is 4. The first-order valence-corrected chi connectivity index (χ1v) is 12.0. The number of amides is 1. The molecule has 2 unspecified atom stereocenters. The van der Waals surface area contributed by atoms with Crippen LogP contribution in [-0.2, 0) is 12.7 Å². The number of likely N-dealkylation sites (tertiary alicyclic amines) is 1. The Hall–Kier alpha value is -4.27. The van der Waals surface area contributed by atoms with E-state index in [9.17, 15) is 18.0 Å². The zero-order valence-corrected chi connectivity index (χ0v) is 20.1. The van der Waals surface area contributed by atoms with Gasteiger partial charge >= 0.3 is 6.18 Å². The monoisotopic (exact) mass is 519 g/mol. The molecule has 1 aromatic carbocycles. The normalized spacial score (nSPS) is 18.9. The van der Waals surface area contributed by atoms with Gasteiger partial charge in [-0.3, -0.25) is 14.7 Å². The van der Waals surface area contributed by atoms with Crippen molar-refractivity contribution in [2.45, 2.75) is 31.2 Å². The van der Waals surface area contributed by atoms with Gasteiger partial charge in [-0.2, -0.15) is 13.2 Å². The lowest BCUT2D eigenvalue weighted by atomic mass is 10.0. The van der Waals surface area contributed by atoms with Crippen LogP contribution >= 0.6 is 0 Å². The molecule has 5 rings (SSSR count). The summed E-state index contributed by atoms with van der Waals surface area (Å²) in [5.41, 5.74) is 0.631. The van der Waals surface area contributed by atoms with E-state index in [1.807, 2.05) is 0 Å². The number of imidazole rings is 1. The number of nitrogens with zero attached hydrogens (tertiary/aromatic N) is 3. The third-order valence-corrected chi connectivity index (χ3v) is 6.50. The van der Waals surface area contributed by atoms with E-state index in [-0.39, 0.29) is 29.4 Å². The number of piperazine rings is 1. The van der Waals surface area contributed by atoms with Crippen molar-refractivity contribution in [1.82, 2.24) is 25.2 Å². The van der Waals surface area contributed by atoms with Gasteiger partial charge in [0.15, 0.2) is 0 Å². The minimum absolute atomic E-state index is 0.0511. The van der Waals surface area contributed by atoms with E-state index in [0.29, 0.717) is 23.1 Å². The number of aromatic nitrogens is 3. The fourth-order valence-corrected chi connectivity index (χ4v) is 4.71. The van der Waals surface area contributed by atoms with Crippen LogP contribution < -0.4 is 10.6 Å². The fourth-order valence-electron chi connectivity index (χ4n) is 4.71. The Bertz CT molecular complexity index is 1450. The van der Waals surface area contributed by atoms with E-state index < -0.39 is 17.6 Å². The molecule has 4 N–H and O–H groups in total. The van der Waals surface area contributed by atoms with Gasteiger partial charge < -0.3 is 21.0 Å². The average molecular weight is 520 g/mol. The Morgan fingerprint density at radius 1 is 1.24 bits per heavy atom. The van der Waals surface area contributed by atoms with Gasteiger partial charge in [0.05, 0.1) is 17.3 Å². The summed E-state index contributed by atoms with van der Waals surface area (Å²) < 4.78 is 41.7. The van der Waals surface area contributed by atoms with Gasteiger partial charge in [0.25, 0.3) is 5.91 Å². The Kier molecular flexibility index (Phi) is 7.09. The topological polar surface area (TPSA) is 110 Å². The minimum Gasteiger partial charge on any atom is -0.332 e. The van der Waals surface area contributed by atoms with Gasteiger partial charge in [-0.25, -0.2) is 4.98 Å². The van der Waals surface area contributed by atoms with Gasteiger partial charge in [-0.15, -0.1) is 0 Å². The first-order chi connectivity index (χ1) is 18.3. The number of fused-ring (bicyclic) bond motifs is 2. The third-order valence-electron chi connectivity index (χ3n) is 6.50. The van der Waals surface area contributed by atoms with Crippen LogP contribution in [0.4, 0.5) is 18.9 Å². The molecule has 2 bridgehead atoms. The molecule has 194 valence electrons. The molecule has 2 aromatic heterocycles. The molecule has 2 atom stereocenters. The predicted octanol–water partition coefficient (Wildman–Crippen LogP) is 3.68. The number of hydrogen-bond donors (Lipinski definition) is 4. The average Bonchev–Trinajstić information content (AvgIpc) is 3.64. The molecule has 0 aliphatic carbocycles. The molecule has 2 saturated heterocycles. The number of pyridine rings is 1. The second-order valence-corrected chi connectivity index (χ2v) is 9.17. The number of hydrogen-bond acceptors (Lipinski definition) is 6. The molecule has 38 heavy (non-hydrogen) atoms. The number of alkyl halides is 3. The second-order valence-electron chi connectivity index (χ2n) is 9.17. The molecule has 11 heteroatoms. The number of H-pyrrole nitrogens is 1. The molecule has 3 aromatic rings. The van der Waals surface area contributed by atoms with Crippen molar-refractivity contribution in [3.63, 3.8) is 0 Å². The highest BCUT2D eigenvalue weighted by molar-refractivity contribution is 6.04. The van der Waals surface area contributed by atoms with Gasteiger partial charge in [0, 0.05) is 61.6 Å². The van der Waals surface area contributed by atoms with Gasteiger partial charge in [-0.1, -0.05) is 12.0 Å². The number of rotatable bonds is 6. The maximum absolute atomic E-state index is 13.9. The lowest BCUT2D eigenvalue weighted by Crippen LogP contribution is -2.43. The maximum Gasteiger partial charge on any atom is 0.416 e. The van der Waals surface area contributed by atoms with Crippen LogP contribution in [0.25, 0.3) is 6.08 Å². The molecular formula is C27H24F3N7O. The van der Waals surface area contributed by atoms with Crippen LogP contribution in [-0.4, -0.2) is 57.1 Å². The van der Waals surface area contributed by atoms with Crippen LogP contribution in [0.1, 0.15) is 45.0 Å². The van der Waals surface area contributed by atoms with Gasteiger partial charge in [-0.05, 0) is 48.3 Å². The zero-order chi connectivity index (χ0) is 26.7. The molecule has 1 amide bonds. The minimum atomic E-state index is -4.55. The maximum atomic E-state index is 13.9. The second kappa shape index (κ2) is 10.6. The molecule has 0 saturated carbocycles. The standard InChI is InChI=1S/C27H24F3N7O/c28-27(29,30)24-10-20(6-4-18(24)15-37-16-22-9-23(37)14-33-22)36-26(38)19-8-17(11-32-12-19)3-5-21-13-34-25(35-21)2-1-7-31/h1-2,4,6-8,10-13,22-23,31,33H,9,14-16H2,(H,34,35)(H,36,38)/b2-1-,31-7?. The lowest BCUT2D eigenvalue weighted by Gasteiger charge is -2.28. The summed E-state index contributed by atoms with van der Waals surface area (Å²) in [6, 6.07) is 6.02. The van der Waals surface area contributed by atoms with Crippen molar-refractivity contribution in [2.24, 2.45) is 0 Å². The fraction of sp³-hybridized carbons (Fsp3) is 0.259. The SMILES string of the molecule is N=C/C=C\c1ncc(C#Cc2cncc(C(=O)Nc3ccc(CN4CC5CC4CN5)c(C(F)(F)F)c3)c2)[nH]1. The van der Waals surface area contributed by atoms with Crippen molar-refractivity contribution >= 4 is 23.9 Å². The number of halogens is 3. The number of benzene rings is 1. The van der Waals surface area contributed by atoms with Crippen LogP contribution in [0.15, 0.2) is 48.9 Å². The van der Waals surface area contributed by atoms with Crippen LogP contribution in [0, 0.1) is 17.3 Å². The zero-order valence-electron chi connectivity index (χ0n) is 20.1. The Morgan fingerprint density at radius 2 is 2.11 bits per heavy atom. The van der Waals surface area contributed by atoms with Crippen molar-refractivity contribution in [3.8, 4) is 11.8 Å². The highest BCUT2D eigenvalue weighted by Gasteiger charge is 2.39. The first-order valence-electron chi connectivity index (χ1n) is 12.0. The van der Waals surface area contributed by atoms with Gasteiger partial charge in [0.2, 0.25) is 0 Å². The lowest BCUT2D eigenvalue weighted by molar-refractivity contribution is -0.138. The summed E-state index contributed by atoms with van der Waals surface area (Å²) in [4.78, 5) is 26.0. The molecular weight excluding hydrogens is 495 g/mol. The number of anilines is 1. The molecule has 2 fully saturated rings. The summed E-state index contributed by atoms with van der Waals surface area (Å²) in [6.45, 7) is 1.74. The van der Waals surface area contributed by atoms with E-state index >= 15 is 0 Å². The Labute approximate surface area is 216 Å². The summed E-state index contributed by atoms with van der Waals surface area (Å²) >= 11 is 0. The van der Waals surface area contributed by atoms with Crippen molar-refractivity contribution in [2.75, 3.05) is 18.4 Å². The summed E-state index contributed by atoms with van der Waals surface area (Å²) in [5.74, 6) is 5.71. The van der Waals surface area contributed by atoms with Crippen LogP contribution in [0.2, 0.25) is 0 Å². The van der Waals surface area contributed by atoms with E-state index in [1.165, 1.54) is 42.9 Å². The highest BCUT2D eigenvalue weighted by atomic mass is 19.4. The Balaban J connectivity index is 1.30. The van der Waals surface area contributed by atoms with E-state index in [0.717, 1.165) is 31.8 Å². The molecule has 0 spiro atoms. The van der Waals surface area contributed by atoms with E-state index in [2.05, 4.69) is 42.3 Å². The number of carbonyl (C=O) groups excluding carboxylic acids is 1. The summed E-state index contributed by atoms with van der Waals surface area (Å²) in [5, 5.41) is 12.9. The van der Waals surface area contributed by atoms with Crippen molar-refractivity contribution < 1.29 is 18.0 Å². The third kappa shape index (κ3) is 5.82. The summed E-state index contributed by atoms with van der Waals surface area (Å²) in [7, 11) is 0. The van der Waals surface area contributed by atoms with E-state index in [4.69, 9.17) is 5.41 Å². The largest absolute Gasteiger partial charge is 0.416 e. The molecule has 4 heterocycles.